The average Bonchev–Trinajstić information content (AvgIpc) is 2.51. The molecule has 0 radical (unpaired) electrons. The molecule has 0 aliphatic rings. The quantitative estimate of drug-likeness (QED) is 0.0981. The van der Waals surface area contributed by atoms with Gasteiger partial charge in [0.05, 0.1) is 28.8 Å². The van der Waals surface area contributed by atoms with Crippen LogP contribution < -0.4 is 0 Å². The van der Waals surface area contributed by atoms with Crippen LogP contribution >= 0.6 is 0 Å². The van der Waals surface area contributed by atoms with Gasteiger partial charge in [0.2, 0.25) is 0 Å². The molecule has 0 atom stereocenters. The summed E-state index contributed by atoms with van der Waals surface area (Å²) in [5.41, 5.74) is 0. The molecule has 0 saturated carbocycles. The molecular formula is C15H33Na3O15S5. The van der Waals surface area contributed by atoms with Crippen LogP contribution in [0.5, 0.6) is 0 Å². The SMILES string of the molecule is C=CCS(=O)(=O)O.C=CCS(=O)(=O)O.C=CCS(=O)(=O)O.C=CCS(=O)(=O)O.C=CCS(=O)(=O)O.[NaH].[NaH].[NaH]. The van der Waals surface area contributed by atoms with Crippen LogP contribution in [0.2, 0.25) is 0 Å². The van der Waals surface area contributed by atoms with Gasteiger partial charge in [-0.3, -0.25) is 22.8 Å². The van der Waals surface area contributed by atoms with Crippen molar-refractivity contribution in [2.24, 2.45) is 0 Å². The Morgan fingerprint density at radius 3 is 0.421 bits per heavy atom. The summed E-state index contributed by atoms with van der Waals surface area (Å²) in [5, 5.41) is 0. The van der Waals surface area contributed by atoms with E-state index in [1.54, 1.807) is 0 Å². The molecule has 0 amide bonds. The first-order valence-electron chi connectivity index (χ1n) is 8.11. The Morgan fingerprint density at radius 2 is 0.421 bits per heavy atom. The monoisotopic (exact) mass is 682 g/mol. The summed E-state index contributed by atoms with van der Waals surface area (Å²) in [6, 6.07) is 0. The second kappa shape index (κ2) is 31.2. The Morgan fingerprint density at radius 1 is 0.342 bits per heavy atom. The van der Waals surface area contributed by atoms with E-state index >= 15 is 0 Å². The molecule has 23 heteroatoms. The number of hydrogen-bond acceptors (Lipinski definition) is 10. The molecular weight excluding hydrogens is 649 g/mol. The summed E-state index contributed by atoms with van der Waals surface area (Å²) in [6.45, 7) is 15.5. The number of hydrogen-bond donors (Lipinski definition) is 5. The van der Waals surface area contributed by atoms with Crippen LogP contribution in [0.3, 0.4) is 0 Å². The molecule has 0 spiro atoms. The molecule has 0 heterocycles. The minimum atomic E-state index is -3.79. The van der Waals surface area contributed by atoms with E-state index in [2.05, 4.69) is 32.9 Å². The van der Waals surface area contributed by atoms with Crippen LogP contribution in [0.15, 0.2) is 63.3 Å². The van der Waals surface area contributed by atoms with Crippen molar-refractivity contribution in [1.82, 2.24) is 0 Å². The van der Waals surface area contributed by atoms with Crippen molar-refractivity contribution >= 4 is 139 Å². The van der Waals surface area contributed by atoms with Gasteiger partial charge in [0.15, 0.2) is 0 Å². The molecule has 0 unspecified atom stereocenters. The fourth-order valence-corrected chi connectivity index (χ4v) is 2.23. The summed E-state index contributed by atoms with van der Waals surface area (Å²) in [7, 11) is -19.0. The second-order valence-electron chi connectivity index (χ2n) is 5.19. The molecule has 0 rings (SSSR count). The Hall–Kier alpha value is 1.25. The third-order valence-corrected chi connectivity index (χ3v) is 4.93. The minimum absolute atomic E-state index is 0. The number of rotatable bonds is 10. The first-order chi connectivity index (χ1) is 15.3. The van der Waals surface area contributed by atoms with E-state index in [0.717, 1.165) is 30.4 Å². The average molecular weight is 683 g/mol. The molecule has 5 N–H and O–H groups in total. The third kappa shape index (κ3) is 108. The van der Waals surface area contributed by atoms with Gasteiger partial charge in [0.1, 0.15) is 0 Å². The van der Waals surface area contributed by atoms with E-state index in [0.29, 0.717) is 0 Å². The van der Waals surface area contributed by atoms with Crippen LogP contribution in [0, 0.1) is 0 Å². The van der Waals surface area contributed by atoms with Crippen molar-refractivity contribution < 1.29 is 64.9 Å². The molecule has 38 heavy (non-hydrogen) atoms. The van der Waals surface area contributed by atoms with Crippen molar-refractivity contribution in [3.05, 3.63) is 63.3 Å². The Balaban J connectivity index is -0.0000000484. The molecule has 0 aliphatic heterocycles. The molecule has 0 saturated heterocycles. The normalized spacial score (nSPS) is 10.1. The summed E-state index contributed by atoms with van der Waals surface area (Å²) >= 11 is 0. The summed E-state index contributed by atoms with van der Waals surface area (Å²) in [4.78, 5) is 0. The zero-order chi connectivity index (χ0) is 29.6. The van der Waals surface area contributed by atoms with Crippen molar-refractivity contribution in [3.63, 3.8) is 0 Å². The fraction of sp³-hybridized carbons (Fsp3) is 0.333. The van der Waals surface area contributed by atoms with Crippen LogP contribution in [0.4, 0.5) is 0 Å². The van der Waals surface area contributed by atoms with Gasteiger partial charge in [0, 0.05) is 0 Å². The van der Waals surface area contributed by atoms with Gasteiger partial charge in [-0.25, -0.2) is 0 Å². The standard InChI is InChI=1S/5C3H6O3S.3Na.3H/c5*1-2-3-7(4,5)6;;;;;;/h5*2H,1,3H2,(H,4,5,6);;;;;;. The Kier molecular flexibility index (Phi) is 48.3. The molecule has 0 aromatic carbocycles. The molecule has 15 nitrogen and oxygen atoms in total. The second-order valence-corrected chi connectivity index (χ2v) is 12.7. The van der Waals surface area contributed by atoms with E-state index in [9.17, 15) is 42.1 Å². The van der Waals surface area contributed by atoms with Gasteiger partial charge >= 0.3 is 88.7 Å². The van der Waals surface area contributed by atoms with Crippen molar-refractivity contribution in [1.29, 1.82) is 0 Å². The van der Waals surface area contributed by atoms with E-state index < -0.39 is 50.6 Å². The summed E-state index contributed by atoms with van der Waals surface area (Å²) < 4.78 is 137. The molecule has 0 aromatic heterocycles. The van der Waals surface area contributed by atoms with Gasteiger partial charge in [-0.05, 0) is 0 Å². The van der Waals surface area contributed by atoms with E-state index in [-0.39, 0.29) is 117 Å². The van der Waals surface area contributed by atoms with Gasteiger partial charge in [0.25, 0.3) is 50.6 Å². The van der Waals surface area contributed by atoms with Gasteiger partial charge in [-0.2, -0.15) is 42.1 Å². The zero-order valence-electron chi connectivity index (χ0n) is 18.3. The summed E-state index contributed by atoms with van der Waals surface area (Å²) in [6.07, 6.45) is 5.60. The van der Waals surface area contributed by atoms with E-state index in [1.807, 2.05) is 0 Å². The van der Waals surface area contributed by atoms with Crippen molar-refractivity contribution in [3.8, 4) is 0 Å². The third-order valence-electron chi connectivity index (χ3n) is 1.64. The first kappa shape index (κ1) is 58.8. The van der Waals surface area contributed by atoms with Crippen molar-refractivity contribution in [2.75, 3.05) is 28.8 Å². The van der Waals surface area contributed by atoms with Crippen LogP contribution in [0.25, 0.3) is 0 Å². The maximum absolute atomic E-state index is 9.72. The van der Waals surface area contributed by atoms with E-state index in [1.165, 1.54) is 0 Å². The molecule has 0 aliphatic carbocycles. The Bertz CT molecular complexity index is 954. The Labute approximate surface area is 292 Å². The molecule has 0 bridgehead atoms. The van der Waals surface area contributed by atoms with Crippen LogP contribution in [-0.2, 0) is 50.6 Å². The van der Waals surface area contributed by atoms with Gasteiger partial charge in [-0.1, -0.05) is 30.4 Å². The zero-order valence-corrected chi connectivity index (χ0v) is 22.4. The van der Waals surface area contributed by atoms with Gasteiger partial charge in [-0.15, -0.1) is 32.9 Å². The topological polar surface area (TPSA) is 272 Å². The predicted molar refractivity (Wildman–Crippen MR) is 155 cm³/mol. The van der Waals surface area contributed by atoms with Crippen LogP contribution in [-0.4, -0.2) is 182 Å². The first-order valence-corrected chi connectivity index (χ1v) is 16.2. The molecule has 0 fully saturated rings. The summed E-state index contributed by atoms with van der Waals surface area (Å²) in [5.74, 6) is -1.84. The molecule has 0 aromatic rings. The predicted octanol–water partition coefficient (Wildman–Crippen LogP) is -1.64. The van der Waals surface area contributed by atoms with Gasteiger partial charge < -0.3 is 0 Å². The van der Waals surface area contributed by atoms with Crippen LogP contribution in [0.1, 0.15) is 0 Å². The van der Waals surface area contributed by atoms with E-state index in [4.69, 9.17) is 22.8 Å². The maximum atomic E-state index is 9.72. The fourth-order valence-electron chi connectivity index (χ4n) is 0.745. The molecule has 216 valence electrons. The van der Waals surface area contributed by atoms with Crippen molar-refractivity contribution in [2.45, 2.75) is 0 Å².